The highest BCUT2D eigenvalue weighted by Crippen LogP contribution is 2.24. The molecule has 1 aliphatic rings. The smallest absolute Gasteiger partial charge is 0.306 e. The standard InChI is InChI=1S/C10H15N3O3/c14-10(15)7-2-1-3-8(4-7)11-5-9-12-6-13-16-9/h6-8,11H,1-5H2,(H,14,15). The maximum absolute atomic E-state index is 10.9. The van der Waals surface area contributed by atoms with Crippen LogP contribution < -0.4 is 5.32 Å². The Morgan fingerprint density at radius 3 is 3.19 bits per heavy atom. The SMILES string of the molecule is O=C(O)C1CCCC(NCc2ncno2)C1. The van der Waals surface area contributed by atoms with Crippen molar-refractivity contribution in [2.24, 2.45) is 5.92 Å². The molecule has 88 valence electrons. The number of hydrogen-bond acceptors (Lipinski definition) is 5. The van der Waals surface area contributed by atoms with E-state index in [1.165, 1.54) is 6.33 Å². The van der Waals surface area contributed by atoms with Gasteiger partial charge in [0.1, 0.15) is 0 Å². The molecule has 0 aromatic carbocycles. The zero-order valence-corrected chi connectivity index (χ0v) is 8.93. The molecule has 2 unspecified atom stereocenters. The predicted molar refractivity (Wildman–Crippen MR) is 54.5 cm³/mol. The maximum atomic E-state index is 10.9. The summed E-state index contributed by atoms with van der Waals surface area (Å²) < 4.78 is 4.86. The number of nitrogens with one attached hydrogen (secondary N) is 1. The lowest BCUT2D eigenvalue weighted by Gasteiger charge is -2.26. The molecule has 0 radical (unpaired) electrons. The van der Waals surface area contributed by atoms with Gasteiger partial charge in [-0.1, -0.05) is 11.6 Å². The quantitative estimate of drug-likeness (QED) is 0.788. The van der Waals surface area contributed by atoms with Crippen LogP contribution in [0.5, 0.6) is 0 Å². The summed E-state index contributed by atoms with van der Waals surface area (Å²) in [5.41, 5.74) is 0. The lowest BCUT2D eigenvalue weighted by atomic mass is 9.86. The van der Waals surface area contributed by atoms with Gasteiger partial charge >= 0.3 is 5.97 Å². The molecule has 2 N–H and O–H groups in total. The van der Waals surface area contributed by atoms with Crippen LogP contribution in [0.1, 0.15) is 31.6 Å². The first-order chi connectivity index (χ1) is 7.75. The second-order valence-electron chi connectivity index (χ2n) is 4.11. The minimum Gasteiger partial charge on any atom is -0.481 e. The highest BCUT2D eigenvalue weighted by Gasteiger charge is 2.26. The minimum atomic E-state index is -0.690. The third-order valence-corrected chi connectivity index (χ3v) is 2.97. The van der Waals surface area contributed by atoms with Crippen LogP contribution in [0.2, 0.25) is 0 Å². The number of hydrogen-bond donors (Lipinski definition) is 2. The molecule has 1 heterocycles. The number of carbonyl (C=O) groups is 1. The van der Waals surface area contributed by atoms with E-state index in [1.807, 2.05) is 0 Å². The number of carboxylic acids is 1. The molecule has 1 saturated carbocycles. The Kier molecular flexibility index (Phi) is 3.51. The summed E-state index contributed by atoms with van der Waals surface area (Å²) in [5, 5.41) is 15.7. The summed E-state index contributed by atoms with van der Waals surface area (Å²) in [5.74, 6) is -0.365. The Bertz CT molecular complexity index is 339. The van der Waals surface area contributed by atoms with Gasteiger partial charge in [-0.05, 0) is 19.3 Å². The lowest BCUT2D eigenvalue weighted by molar-refractivity contribution is -0.143. The minimum absolute atomic E-state index is 0.214. The summed E-state index contributed by atoms with van der Waals surface area (Å²) in [6, 6.07) is 0.238. The van der Waals surface area contributed by atoms with Gasteiger partial charge in [0.05, 0.1) is 12.5 Å². The maximum Gasteiger partial charge on any atom is 0.306 e. The molecule has 0 saturated heterocycles. The Morgan fingerprint density at radius 1 is 1.62 bits per heavy atom. The first-order valence-electron chi connectivity index (χ1n) is 5.47. The van der Waals surface area contributed by atoms with E-state index in [4.69, 9.17) is 9.63 Å². The van der Waals surface area contributed by atoms with Crippen molar-refractivity contribution < 1.29 is 14.4 Å². The van der Waals surface area contributed by atoms with E-state index in [0.717, 1.165) is 19.3 Å². The van der Waals surface area contributed by atoms with Gasteiger partial charge in [0.25, 0.3) is 0 Å². The zero-order valence-electron chi connectivity index (χ0n) is 8.93. The molecule has 0 spiro atoms. The topological polar surface area (TPSA) is 88.2 Å². The third kappa shape index (κ3) is 2.79. The molecule has 1 aromatic heterocycles. The van der Waals surface area contributed by atoms with E-state index in [9.17, 15) is 4.79 Å². The average Bonchev–Trinajstić information content (AvgIpc) is 2.79. The van der Waals surface area contributed by atoms with E-state index in [2.05, 4.69) is 15.5 Å². The predicted octanol–water partition coefficient (Wildman–Crippen LogP) is 0.803. The molecule has 0 aliphatic heterocycles. The lowest BCUT2D eigenvalue weighted by Crippen LogP contribution is -2.36. The first kappa shape index (κ1) is 11.1. The molecular formula is C10H15N3O3. The van der Waals surface area contributed by atoms with Crippen molar-refractivity contribution in [1.82, 2.24) is 15.5 Å². The van der Waals surface area contributed by atoms with Crippen LogP contribution in [0.3, 0.4) is 0 Å². The van der Waals surface area contributed by atoms with Crippen LogP contribution in [0.25, 0.3) is 0 Å². The fourth-order valence-electron chi connectivity index (χ4n) is 2.10. The second-order valence-corrected chi connectivity index (χ2v) is 4.11. The molecule has 1 aliphatic carbocycles. The molecule has 0 amide bonds. The van der Waals surface area contributed by atoms with Gasteiger partial charge in [0.2, 0.25) is 5.89 Å². The molecule has 6 nitrogen and oxygen atoms in total. The van der Waals surface area contributed by atoms with E-state index in [1.54, 1.807) is 0 Å². The Morgan fingerprint density at radius 2 is 2.50 bits per heavy atom. The molecule has 2 atom stereocenters. The Balaban J connectivity index is 1.79. The molecule has 0 bridgehead atoms. The molecule has 2 rings (SSSR count). The summed E-state index contributed by atoms with van der Waals surface area (Å²) >= 11 is 0. The largest absolute Gasteiger partial charge is 0.481 e. The van der Waals surface area contributed by atoms with Crippen LogP contribution in [0.15, 0.2) is 10.9 Å². The first-order valence-corrected chi connectivity index (χ1v) is 5.47. The molecule has 1 aromatic rings. The van der Waals surface area contributed by atoms with E-state index in [0.29, 0.717) is 18.9 Å². The summed E-state index contributed by atoms with van der Waals surface area (Å²) in [4.78, 5) is 14.8. The average molecular weight is 225 g/mol. The van der Waals surface area contributed by atoms with Crippen molar-refractivity contribution >= 4 is 5.97 Å². The van der Waals surface area contributed by atoms with Gasteiger partial charge in [-0.15, -0.1) is 0 Å². The van der Waals surface area contributed by atoms with Crippen molar-refractivity contribution in [2.45, 2.75) is 38.3 Å². The fraction of sp³-hybridized carbons (Fsp3) is 0.700. The van der Waals surface area contributed by atoms with Crippen LogP contribution in [0.4, 0.5) is 0 Å². The van der Waals surface area contributed by atoms with Crippen molar-refractivity contribution in [3.8, 4) is 0 Å². The Labute approximate surface area is 93.0 Å². The van der Waals surface area contributed by atoms with Crippen molar-refractivity contribution in [1.29, 1.82) is 0 Å². The van der Waals surface area contributed by atoms with Crippen molar-refractivity contribution in [3.05, 3.63) is 12.2 Å². The van der Waals surface area contributed by atoms with Gasteiger partial charge in [-0.2, -0.15) is 4.98 Å². The van der Waals surface area contributed by atoms with Crippen LogP contribution in [-0.2, 0) is 11.3 Å². The van der Waals surface area contributed by atoms with Crippen LogP contribution >= 0.6 is 0 Å². The van der Waals surface area contributed by atoms with E-state index < -0.39 is 5.97 Å². The van der Waals surface area contributed by atoms with Gasteiger partial charge in [0.15, 0.2) is 6.33 Å². The second kappa shape index (κ2) is 5.07. The molecule has 1 fully saturated rings. The number of aromatic nitrogens is 2. The van der Waals surface area contributed by atoms with Crippen molar-refractivity contribution in [3.63, 3.8) is 0 Å². The number of rotatable bonds is 4. The summed E-state index contributed by atoms with van der Waals surface area (Å²) in [7, 11) is 0. The van der Waals surface area contributed by atoms with Gasteiger partial charge in [-0.3, -0.25) is 4.79 Å². The summed E-state index contributed by atoms with van der Waals surface area (Å²) in [6.07, 6.45) is 4.80. The van der Waals surface area contributed by atoms with E-state index >= 15 is 0 Å². The van der Waals surface area contributed by atoms with Crippen molar-refractivity contribution in [2.75, 3.05) is 0 Å². The molecule has 6 heteroatoms. The Hall–Kier alpha value is -1.43. The van der Waals surface area contributed by atoms with E-state index in [-0.39, 0.29) is 12.0 Å². The molecular weight excluding hydrogens is 210 g/mol. The third-order valence-electron chi connectivity index (χ3n) is 2.97. The van der Waals surface area contributed by atoms with Gasteiger partial charge < -0.3 is 14.9 Å². The van der Waals surface area contributed by atoms with Gasteiger partial charge in [-0.25, -0.2) is 0 Å². The highest BCUT2D eigenvalue weighted by atomic mass is 16.5. The fourth-order valence-corrected chi connectivity index (χ4v) is 2.10. The zero-order chi connectivity index (χ0) is 11.4. The van der Waals surface area contributed by atoms with Crippen LogP contribution in [-0.4, -0.2) is 27.3 Å². The number of nitrogens with zero attached hydrogens (tertiary/aromatic N) is 2. The summed E-state index contributed by atoms with van der Waals surface area (Å²) in [6.45, 7) is 0.511. The van der Waals surface area contributed by atoms with Gasteiger partial charge in [0, 0.05) is 6.04 Å². The number of aliphatic carboxylic acids is 1. The number of carboxylic acid groups (broad SMARTS) is 1. The highest BCUT2D eigenvalue weighted by molar-refractivity contribution is 5.70. The normalized spacial score (nSPS) is 25.5. The van der Waals surface area contributed by atoms with Crippen LogP contribution in [0, 0.1) is 5.92 Å². The molecule has 16 heavy (non-hydrogen) atoms. The monoisotopic (exact) mass is 225 g/mol.